The van der Waals surface area contributed by atoms with Gasteiger partial charge in [-0.1, -0.05) is 227 Å². The van der Waals surface area contributed by atoms with Gasteiger partial charge in [0.05, 0.1) is 0 Å². The van der Waals surface area contributed by atoms with Crippen molar-refractivity contribution in [3.05, 3.63) is 97.2 Å². The average molecular weight is 903 g/mol. The Morgan fingerprint density at radius 1 is 0.323 bits per heavy atom. The molecule has 0 aromatic heterocycles. The molecule has 0 rings (SSSR count). The minimum atomic E-state index is -0.806. The molecule has 0 amide bonds. The Bertz CT molecular complexity index is 1310. The molecular formula is C59H98O6. The molecule has 0 aliphatic rings. The summed E-state index contributed by atoms with van der Waals surface area (Å²) in [6, 6.07) is 0. The van der Waals surface area contributed by atoms with E-state index < -0.39 is 6.10 Å². The molecule has 0 fully saturated rings. The number of carbonyl (C=O) groups is 3. The van der Waals surface area contributed by atoms with Crippen molar-refractivity contribution in [2.24, 2.45) is 0 Å². The molecule has 0 N–H and O–H groups in total. The molecule has 6 nitrogen and oxygen atoms in total. The van der Waals surface area contributed by atoms with Crippen LogP contribution in [0.1, 0.15) is 239 Å². The van der Waals surface area contributed by atoms with Gasteiger partial charge < -0.3 is 14.2 Å². The van der Waals surface area contributed by atoms with Crippen LogP contribution in [0.2, 0.25) is 0 Å². The summed E-state index contributed by atoms with van der Waals surface area (Å²) < 4.78 is 16.8. The highest BCUT2D eigenvalue weighted by atomic mass is 16.6. The van der Waals surface area contributed by atoms with E-state index in [1.165, 1.54) is 77.0 Å². The lowest BCUT2D eigenvalue weighted by molar-refractivity contribution is -0.167. The number of allylic oxidation sites excluding steroid dienone is 16. The van der Waals surface area contributed by atoms with E-state index in [1.807, 2.05) is 0 Å². The smallest absolute Gasteiger partial charge is 0.306 e. The first-order valence-corrected chi connectivity index (χ1v) is 26.7. The van der Waals surface area contributed by atoms with Gasteiger partial charge in [0, 0.05) is 19.3 Å². The first-order valence-electron chi connectivity index (χ1n) is 26.7. The quantitative estimate of drug-likeness (QED) is 0.0262. The predicted molar refractivity (Wildman–Crippen MR) is 279 cm³/mol. The molecule has 0 saturated heterocycles. The van der Waals surface area contributed by atoms with E-state index in [2.05, 4.69) is 118 Å². The van der Waals surface area contributed by atoms with Crippen LogP contribution in [-0.4, -0.2) is 37.2 Å². The third-order valence-electron chi connectivity index (χ3n) is 11.1. The van der Waals surface area contributed by atoms with E-state index >= 15 is 0 Å². The minimum Gasteiger partial charge on any atom is -0.462 e. The Morgan fingerprint density at radius 2 is 0.615 bits per heavy atom. The van der Waals surface area contributed by atoms with Gasteiger partial charge in [-0.25, -0.2) is 0 Å². The molecule has 0 radical (unpaired) electrons. The van der Waals surface area contributed by atoms with E-state index in [0.29, 0.717) is 19.3 Å². The number of hydrogen-bond donors (Lipinski definition) is 0. The summed E-state index contributed by atoms with van der Waals surface area (Å²) in [6.45, 7) is 6.35. The zero-order valence-corrected chi connectivity index (χ0v) is 42.2. The third kappa shape index (κ3) is 51.2. The first-order chi connectivity index (χ1) is 32.0. The second-order valence-electron chi connectivity index (χ2n) is 17.4. The monoisotopic (exact) mass is 903 g/mol. The molecule has 0 aliphatic carbocycles. The molecule has 0 aromatic rings. The third-order valence-corrected chi connectivity index (χ3v) is 11.1. The van der Waals surface area contributed by atoms with Crippen molar-refractivity contribution in [1.82, 2.24) is 0 Å². The Hall–Kier alpha value is -3.67. The molecule has 0 bridgehead atoms. The summed E-state index contributed by atoms with van der Waals surface area (Å²) in [5, 5.41) is 0. The van der Waals surface area contributed by atoms with Gasteiger partial charge in [0.2, 0.25) is 0 Å². The van der Waals surface area contributed by atoms with Gasteiger partial charge in [0.25, 0.3) is 0 Å². The number of esters is 3. The second kappa shape index (κ2) is 52.9. The highest BCUT2D eigenvalue weighted by Crippen LogP contribution is 2.15. The van der Waals surface area contributed by atoms with Crippen LogP contribution in [0, 0.1) is 0 Å². The van der Waals surface area contributed by atoms with Crippen molar-refractivity contribution >= 4 is 17.9 Å². The van der Waals surface area contributed by atoms with Gasteiger partial charge in [-0.2, -0.15) is 0 Å². The molecule has 0 heterocycles. The van der Waals surface area contributed by atoms with Gasteiger partial charge in [0.1, 0.15) is 13.2 Å². The number of hydrogen-bond acceptors (Lipinski definition) is 6. The molecule has 0 aromatic carbocycles. The standard InChI is InChI=1S/C59H98O6/c1-4-7-10-13-16-19-22-25-28-29-32-34-37-40-43-46-49-52-58(61)64-55-56(65-59(62)53-50-47-44-41-38-35-31-27-24-21-18-15-12-9-6-3)54-63-57(60)51-48-45-42-39-36-33-30-26-23-20-17-14-11-8-5-2/h7-8,10-11,16-17,19-20,25-26,28,30,32,34,40,43,56H,4-6,9,12-15,18,21-24,27,29,31,33,35-39,41-42,44-55H2,1-3H3/b10-7-,11-8-,19-16-,20-17-,28-25-,30-26-,34-32-,43-40-/t56-/m0/s1. The fourth-order valence-electron chi connectivity index (χ4n) is 7.14. The van der Waals surface area contributed by atoms with Gasteiger partial charge in [0.15, 0.2) is 6.10 Å². The summed E-state index contributed by atoms with van der Waals surface area (Å²) in [6.07, 6.45) is 69.7. The topological polar surface area (TPSA) is 78.9 Å². The number of unbranched alkanes of at least 4 members (excludes halogenated alkanes) is 20. The van der Waals surface area contributed by atoms with Gasteiger partial charge in [-0.3, -0.25) is 14.4 Å². The highest BCUT2D eigenvalue weighted by molar-refractivity contribution is 5.71. The van der Waals surface area contributed by atoms with Gasteiger partial charge in [-0.15, -0.1) is 0 Å². The molecule has 0 unspecified atom stereocenters. The van der Waals surface area contributed by atoms with Crippen LogP contribution in [0.25, 0.3) is 0 Å². The fourth-order valence-corrected chi connectivity index (χ4v) is 7.14. The second-order valence-corrected chi connectivity index (χ2v) is 17.4. The molecule has 0 spiro atoms. The van der Waals surface area contributed by atoms with Gasteiger partial charge >= 0.3 is 17.9 Å². The van der Waals surface area contributed by atoms with Crippen LogP contribution in [0.15, 0.2) is 97.2 Å². The van der Waals surface area contributed by atoms with E-state index in [4.69, 9.17) is 14.2 Å². The maximum Gasteiger partial charge on any atom is 0.306 e. The summed E-state index contributed by atoms with van der Waals surface area (Å²) in [4.78, 5) is 38.0. The van der Waals surface area contributed by atoms with Crippen molar-refractivity contribution < 1.29 is 28.6 Å². The number of ether oxygens (including phenoxy) is 3. The van der Waals surface area contributed by atoms with Crippen molar-refractivity contribution in [1.29, 1.82) is 0 Å². The van der Waals surface area contributed by atoms with Gasteiger partial charge in [-0.05, 0) is 89.9 Å². The Morgan fingerprint density at radius 3 is 1.00 bits per heavy atom. The van der Waals surface area contributed by atoms with Crippen molar-refractivity contribution in [2.45, 2.75) is 245 Å². The van der Waals surface area contributed by atoms with E-state index in [0.717, 1.165) is 116 Å². The van der Waals surface area contributed by atoms with Crippen molar-refractivity contribution in [3.63, 3.8) is 0 Å². The van der Waals surface area contributed by atoms with Crippen LogP contribution in [0.3, 0.4) is 0 Å². The van der Waals surface area contributed by atoms with Crippen molar-refractivity contribution in [2.75, 3.05) is 13.2 Å². The maximum atomic E-state index is 12.8. The van der Waals surface area contributed by atoms with Crippen LogP contribution >= 0.6 is 0 Å². The molecule has 1 atom stereocenters. The SMILES string of the molecule is CC/C=C\C/C=C\C/C=C\C/C=C\C/C=C\CCCC(=O)OC[C@H](COC(=O)CCCCCCC/C=C\C/C=C\C/C=C\CC)OC(=O)CCCCCCCCCCCCCCCCC. The van der Waals surface area contributed by atoms with E-state index in [1.54, 1.807) is 0 Å². The van der Waals surface area contributed by atoms with Crippen LogP contribution in [0.4, 0.5) is 0 Å². The largest absolute Gasteiger partial charge is 0.462 e. The zero-order chi connectivity index (χ0) is 47.2. The summed E-state index contributed by atoms with van der Waals surface area (Å²) in [5.41, 5.74) is 0. The Kier molecular flexibility index (Phi) is 50.0. The fraction of sp³-hybridized carbons (Fsp3) is 0.678. The van der Waals surface area contributed by atoms with E-state index in [-0.39, 0.29) is 37.5 Å². The summed E-state index contributed by atoms with van der Waals surface area (Å²) >= 11 is 0. The number of carbonyl (C=O) groups excluding carboxylic acids is 3. The minimum absolute atomic E-state index is 0.103. The number of rotatable bonds is 47. The summed E-state index contributed by atoms with van der Waals surface area (Å²) in [5.74, 6) is -0.978. The first kappa shape index (κ1) is 61.3. The molecule has 0 saturated carbocycles. The van der Waals surface area contributed by atoms with Crippen LogP contribution < -0.4 is 0 Å². The molecule has 65 heavy (non-hydrogen) atoms. The average Bonchev–Trinajstić information content (AvgIpc) is 3.30. The molecule has 0 aliphatic heterocycles. The predicted octanol–water partition coefficient (Wildman–Crippen LogP) is 17.8. The lowest BCUT2D eigenvalue weighted by atomic mass is 10.0. The molecular weight excluding hydrogens is 805 g/mol. The highest BCUT2D eigenvalue weighted by Gasteiger charge is 2.19. The Labute approximate surface area is 400 Å². The van der Waals surface area contributed by atoms with E-state index in [9.17, 15) is 14.4 Å². The van der Waals surface area contributed by atoms with Crippen LogP contribution in [0.5, 0.6) is 0 Å². The Balaban J connectivity index is 4.50. The zero-order valence-electron chi connectivity index (χ0n) is 42.2. The molecule has 6 heteroatoms. The lowest BCUT2D eigenvalue weighted by Crippen LogP contribution is -2.30. The van der Waals surface area contributed by atoms with Crippen LogP contribution in [-0.2, 0) is 28.6 Å². The maximum absolute atomic E-state index is 12.8. The normalized spacial score (nSPS) is 12.8. The molecule has 370 valence electrons. The lowest BCUT2D eigenvalue weighted by Gasteiger charge is -2.18. The van der Waals surface area contributed by atoms with Crippen molar-refractivity contribution in [3.8, 4) is 0 Å². The summed E-state index contributed by atoms with van der Waals surface area (Å²) in [7, 11) is 0.